The van der Waals surface area contributed by atoms with Crippen LogP contribution in [0.25, 0.3) is 0 Å². The third-order valence-corrected chi connectivity index (χ3v) is 4.75. The van der Waals surface area contributed by atoms with Crippen molar-refractivity contribution in [1.29, 1.82) is 0 Å². The highest BCUT2D eigenvalue weighted by atomic mass is 32.1. The summed E-state index contributed by atoms with van der Waals surface area (Å²) < 4.78 is 5.31. The first-order chi connectivity index (χ1) is 10.2. The molecule has 1 aromatic rings. The summed E-state index contributed by atoms with van der Waals surface area (Å²) in [6, 6.07) is 0. The van der Waals surface area contributed by atoms with Crippen LogP contribution in [0, 0.1) is 12.8 Å². The number of carbonyl (C=O) groups is 1. The molecule has 0 radical (unpaired) electrons. The van der Waals surface area contributed by atoms with Crippen molar-refractivity contribution in [3.63, 3.8) is 0 Å². The van der Waals surface area contributed by atoms with E-state index in [0.29, 0.717) is 12.5 Å². The monoisotopic (exact) mass is 325 g/mol. The molecule has 0 aromatic carbocycles. The van der Waals surface area contributed by atoms with Gasteiger partial charge in [0.15, 0.2) is 0 Å². The number of aryl methyl sites for hydroxylation is 1. The fourth-order valence-electron chi connectivity index (χ4n) is 2.40. The van der Waals surface area contributed by atoms with Crippen LogP contribution in [0.2, 0.25) is 0 Å². The van der Waals surface area contributed by atoms with E-state index in [1.807, 2.05) is 27.7 Å². The molecule has 1 aliphatic rings. The number of alkyl carbamates (subject to hydrolysis) is 1. The van der Waals surface area contributed by atoms with Gasteiger partial charge < -0.3 is 15.4 Å². The third kappa shape index (κ3) is 5.25. The van der Waals surface area contributed by atoms with Crippen LogP contribution in [0.15, 0.2) is 5.38 Å². The lowest BCUT2D eigenvalue weighted by Crippen LogP contribution is -2.53. The van der Waals surface area contributed by atoms with E-state index >= 15 is 0 Å². The van der Waals surface area contributed by atoms with E-state index in [9.17, 15) is 4.79 Å². The van der Waals surface area contributed by atoms with Crippen LogP contribution in [0.5, 0.6) is 0 Å². The Morgan fingerprint density at radius 2 is 2.09 bits per heavy atom. The van der Waals surface area contributed by atoms with Gasteiger partial charge in [0.2, 0.25) is 0 Å². The predicted octanol–water partition coefficient (Wildman–Crippen LogP) is 3.23. The molecule has 5 nitrogen and oxygen atoms in total. The standard InChI is InChI=1S/C16H27N3O2S/c1-11-9-22-13(19-11)8-18-16(5,12-6-7-12)10-17-14(20)21-15(2,3)4/h9,12,18H,6-8,10H2,1-5H3,(H,17,20). The van der Waals surface area contributed by atoms with Crippen molar-refractivity contribution in [2.24, 2.45) is 5.92 Å². The van der Waals surface area contributed by atoms with Gasteiger partial charge in [-0.1, -0.05) is 0 Å². The van der Waals surface area contributed by atoms with Gasteiger partial charge in [0.05, 0.1) is 0 Å². The summed E-state index contributed by atoms with van der Waals surface area (Å²) >= 11 is 1.67. The Hall–Kier alpha value is -1.14. The zero-order valence-corrected chi connectivity index (χ0v) is 15.0. The van der Waals surface area contributed by atoms with Gasteiger partial charge in [0.1, 0.15) is 10.6 Å². The molecule has 0 aliphatic heterocycles. The lowest BCUT2D eigenvalue weighted by atomic mass is 9.95. The molecule has 0 bridgehead atoms. The van der Waals surface area contributed by atoms with Gasteiger partial charge in [-0.2, -0.15) is 0 Å². The number of carbonyl (C=O) groups excluding carboxylic acids is 1. The van der Waals surface area contributed by atoms with Crippen molar-refractivity contribution in [2.75, 3.05) is 6.54 Å². The highest BCUT2D eigenvalue weighted by molar-refractivity contribution is 7.09. The highest BCUT2D eigenvalue weighted by Gasteiger charge is 2.41. The summed E-state index contributed by atoms with van der Waals surface area (Å²) in [6.07, 6.45) is 2.05. The molecule has 2 rings (SSSR count). The number of thiazole rings is 1. The van der Waals surface area contributed by atoms with Gasteiger partial charge in [0, 0.05) is 29.7 Å². The van der Waals surface area contributed by atoms with E-state index < -0.39 is 5.60 Å². The van der Waals surface area contributed by atoms with Crippen LogP contribution in [0.4, 0.5) is 4.79 Å². The second-order valence-corrected chi connectivity index (χ2v) is 8.23. The minimum Gasteiger partial charge on any atom is -0.444 e. The minimum atomic E-state index is -0.466. The van der Waals surface area contributed by atoms with Gasteiger partial charge in [-0.25, -0.2) is 9.78 Å². The SMILES string of the molecule is Cc1csc(CNC(C)(CNC(=O)OC(C)(C)C)C2CC2)n1. The van der Waals surface area contributed by atoms with Crippen molar-refractivity contribution < 1.29 is 9.53 Å². The largest absolute Gasteiger partial charge is 0.444 e. The molecular weight excluding hydrogens is 298 g/mol. The fraction of sp³-hybridized carbons (Fsp3) is 0.750. The molecular formula is C16H27N3O2S. The van der Waals surface area contributed by atoms with E-state index in [2.05, 4.69) is 27.9 Å². The van der Waals surface area contributed by atoms with Gasteiger partial charge in [-0.15, -0.1) is 11.3 Å². The molecule has 1 saturated carbocycles. The van der Waals surface area contributed by atoms with Crippen LogP contribution in [-0.4, -0.2) is 28.8 Å². The van der Waals surface area contributed by atoms with E-state index in [1.54, 1.807) is 11.3 Å². The van der Waals surface area contributed by atoms with E-state index in [0.717, 1.165) is 17.2 Å². The zero-order chi connectivity index (χ0) is 16.4. The van der Waals surface area contributed by atoms with Crippen molar-refractivity contribution in [3.8, 4) is 0 Å². The van der Waals surface area contributed by atoms with Gasteiger partial charge in [-0.3, -0.25) is 0 Å². The summed E-state index contributed by atoms with van der Waals surface area (Å²) in [5, 5.41) is 9.63. The number of nitrogens with one attached hydrogen (secondary N) is 2. The molecule has 1 fully saturated rings. The summed E-state index contributed by atoms with van der Waals surface area (Å²) in [5.41, 5.74) is 0.476. The molecule has 0 saturated heterocycles. The second-order valence-electron chi connectivity index (χ2n) is 7.28. The van der Waals surface area contributed by atoms with Gasteiger partial charge in [-0.05, 0) is 53.4 Å². The first kappa shape index (κ1) is 17.2. The number of hydrogen-bond donors (Lipinski definition) is 2. The molecule has 1 atom stereocenters. The van der Waals surface area contributed by atoms with Gasteiger partial charge >= 0.3 is 6.09 Å². The normalized spacial score (nSPS) is 17.9. The van der Waals surface area contributed by atoms with E-state index in [1.165, 1.54) is 12.8 Å². The molecule has 124 valence electrons. The Labute approximate surface area is 136 Å². The lowest BCUT2D eigenvalue weighted by molar-refractivity contribution is 0.0507. The van der Waals surface area contributed by atoms with Crippen molar-refractivity contribution in [2.45, 2.75) is 65.1 Å². The molecule has 1 heterocycles. The molecule has 1 unspecified atom stereocenters. The van der Waals surface area contributed by atoms with Crippen molar-refractivity contribution in [1.82, 2.24) is 15.6 Å². The molecule has 1 aliphatic carbocycles. The number of ether oxygens (including phenoxy) is 1. The van der Waals surface area contributed by atoms with Crippen LogP contribution >= 0.6 is 11.3 Å². The molecule has 1 aromatic heterocycles. The Kier molecular flexibility index (Phi) is 5.12. The number of aromatic nitrogens is 1. The average molecular weight is 325 g/mol. The summed E-state index contributed by atoms with van der Waals surface area (Å²) in [5.74, 6) is 0.600. The number of nitrogens with zero attached hydrogens (tertiary/aromatic N) is 1. The summed E-state index contributed by atoms with van der Waals surface area (Å²) in [6.45, 7) is 11.1. The maximum atomic E-state index is 11.9. The molecule has 6 heteroatoms. The number of rotatable bonds is 6. The average Bonchev–Trinajstić information content (AvgIpc) is 3.16. The topological polar surface area (TPSA) is 63.2 Å². The third-order valence-electron chi connectivity index (χ3n) is 3.79. The Bertz CT molecular complexity index is 520. The van der Waals surface area contributed by atoms with Crippen LogP contribution in [-0.2, 0) is 11.3 Å². The first-order valence-corrected chi connectivity index (χ1v) is 8.69. The quantitative estimate of drug-likeness (QED) is 0.843. The van der Waals surface area contributed by atoms with Crippen LogP contribution in [0.3, 0.4) is 0 Å². The summed E-state index contributed by atoms with van der Waals surface area (Å²) in [4.78, 5) is 16.3. The highest BCUT2D eigenvalue weighted by Crippen LogP contribution is 2.39. The Morgan fingerprint density at radius 1 is 1.41 bits per heavy atom. The van der Waals surface area contributed by atoms with E-state index in [-0.39, 0.29) is 11.6 Å². The first-order valence-electron chi connectivity index (χ1n) is 7.81. The number of hydrogen-bond acceptors (Lipinski definition) is 5. The predicted molar refractivity (Wildman–Crippen MR) is 89.1 cm³/mol. The number of amides is 1. The molecule has 22 heavy (non-hydrogen) atoms. The maximum Gasteiger partial charge on any atom is 0.407 e. The minimum absolute atomic E-state index is 0.115. The van der Waals surface area contributed by atoms with E-state index in [4.69, 9.17) is 4.74 Å². The second kappa shape index (κ2) is 6.54. The molecule has 0 spiro atoms. The van der Waals surface area contributed by atoms with Crippen molar-refractivity contribution >= 4 is 17.4 Å². The maximum absolute atomic E-state index is 11.9. The zero-order valence-electron chi connectivity index (χ0n) is 14.2. The van der Waals surface area contributed by atoms with Crippen LogP contribution in [0.1, 0.15) is 51.2 Å². The van der Waals surface area contributed by atoms with Crippen molar-refractivity contribution in [3.05, 3.63) is 16.1 Å². The van der Waals surface area contributed by atoms with Crippen LogP contribution < -0.4 is 10.6 Å². The lowest BCUT2D eigenvalue weighted by Gasteiger charge is -2.31. The Morgan fingerprint density at radius 3 is 2.59 bits per heavy atom. The smallest absolute Gasteiger partial charge is 0.407 e. The van der Waals surface area contributed by atoms with Gasteiger partial charge in [0.25, 0.3) is 0 Å². The molecule has 2 N–H and O–H groups in total. The fourth-order valence-corrected chi connectivity index (χ4v) is 3.11. The Balaban J connectivity index is 1.86. The molecule has 1 amide bonds. The summed E-state index contributed by atoms with van der Waals surface area (Å²) in [7, 11) is 0.